The number of benzene rings is 1. The maximum Gasteiger partial charge on any atom is 0.209 e. The van der Waals surface area contributed by atoms with E-state index < -0.39 is 10.0 Å². The Morgan fingerprint density at radius 1 is 1.41 bits per heavy atom. The van der Waals surface area contributed by atoms with Crippen LogP contribution >= 0.6 is 0 Å². The summed E-state index contributed by atoms with van der Waals surface area (Å²) in [6.45, 7) is 0.480. The van der Waals surface area contributed by atoms with Crippen LogP contribution in [0, 0.1) is 0 Å². The van der Waals surface area contributed by atoms with Crippen LogP contribution in [0.4, 0.5) is 11.4 Å². The molecule has 1 rings (SSSR count). The lowest BCUT2D eigenvalue weighted by Gasteiger charge is -2.11. The Morgan fingerprint density at radius 2 is 2.12 bits per heavy atom. The Labute approximate surface area is 101 Å². The van der Waals surface area contributed by atoms with Gasteiger partial charge in [0.2, 0.25) is 10.0 Å². The first kappa shape index (κ1) is 13.6. The maximum absolute atomic E-state index is 10.7. The average molecular weight is 259 g/mol. The van der Waals surface area contributed by atoms with Crippen molar-refractivity contribution in [1.29, 1.82) is 0 Å². The lowest BCUT2D eigenvalue weighted by molar-refractivity contribution is 0.417. The number of hydrogen-bond donors (Lipinski definition) is 3. The van der Waals surface area contributed by atoms with Crippen LogP contribution in [-0.2, 0) is 10.0 Å². The van der Waals surface area contributed by atoms with Crippen LogP contribution in [0.25, 0.3) is 0 Å². The molecule has 96 valence electrons. The third-order valence-electron chi connectivity index (χ3n) is 2.21. The maximum atomic E-state index is 10.7. The highest BCUT2D eigenvalue weighted by Crippen LogP contribution is 2.28. The minimum Gasteiger partial charge on any atom is -0.495 e. The second-order valence-electron chi connectivity index (χ2n) is 3.57. The van der Waals surface area contributed by atoms with E-state index in [2.05, 4.69) is 5.32 Å². The molecule has 1 aromatic rings. The summed E-state index contributed by atoms with van der Waals surface area (Å²) in [6.07, 6.45) is 0.426. The summed E-state index contributed by atoms with van der Waals surface area (Å²) in [5.41, 5.74) is 7.06. The normalized spacial score (nSPS) is 11.2. The lowest BCUT2D eigenvalue weighted by Crippen LogP contribution is -2.18. The molecular formula is C10H17N3O3S. The third kappa shape index (κ3) is 4.49. The van der Waals surface area contributed by atoms with Crippen LogP contribution in [0.15, 0.2) is 18.2 Å². The first-order valence-electron chi connectivity index (χ1n) is 5.11. The fourth-order valence-corrected chi connectivity index (χ4v) is 1.92. The van der Waals surface area contributed by atoms with Gasteiger partial charge in [-0.15, -0.1) is 0 Å². The molecule has 6 nitrogen and oxygen atoms in total. The Hall–Kier alpha value is -1.47. The highest BCUT2D eigenvalue weighted by atomic mass is 32.2. The van der Waals surface area contributed by atoms with E-state index in [4.69, 9.17) is 15.6 Å². The molecule has 0 aliphatic carbocycles. The molecule has 0 spiro atoms. The molecule has 0 saturated heterocycles. The van der Waals surface area contributed by atoms with Gasteiger partial charge >= 0.3 is 0 Å². The van der Waals surface area contributed by atoms with Crippen LogP contribution in [0.3, 0.4) is 0 Å². The largest absolute Gasteiger partial charge is 0.495 e. The number of hydrogen-bond acceptors (Lipinski definition) is 5. The minimum atomic E-state index is -3.40. The fraction of sp³-hybridized carbons (Fsp3) is 0.400. The molecule has 7 heteroatoms. The zero-order chi connectivity index (χ0) is 12.9. The van der Waals surface area contributed by atoms with Gasteiger partial charge in [-0.05, 0) is 18.6 Å². The summed E-state index contributed by atoms with van der Waals surface area (Å²) in [5.74, 6) is 0.533. The lowest BCUT2D eigenvalue weighted by atomic mass is 10.2. The van der Waals surface area contributed by atoms with Crippen molar-refractivity contribution in [3.63, 3.8) is 0 Å². The predicted octanol–water partition coefficient (Wildman–Crippen LogP) is 0.368. The van der Waals surface area contributed by atoms with E-state index in [1.165, 1.54) is 7.11 Å². The Balaban J connectivity index is 2.52. The molecule has 0 fully saturated rings. The molecule has 0 radical (unpaired) electrons. The molecule has 0 atom stereocenters. The zero-order valence-electron chi connectivity index (χ0n) is 9.64. The summed E-state index contributed by atoms with van der Waals surface area (Å²) in [5, 5.41) is 7.93. The second-order valence-corrected chi connectivity index (χ2v) is 5.30. The number of para-hydroxylation sites is 1. The topological polar surface area (TPSA) is 107 Å². The molecular weight excluding hydrogens is 242 g/mol. The van der Waals surface area contributed by atoms with E-state index in [9.17, 15) is 8.42 Å². The van der Waals surface area contributed by atoms with Crippen LogP contribution in [0.1, 0.15) is 6.42 Å². The molecule has 0 saturated carbocycles. The molecule has 0 heterocycles. The van der Waals surface area contributed by atoms with Gasteiger partial charge in [0.15, 0.2) is 0 Å². The average Bonchev–Trinajstić information content (AvgIpc) is 2.25. The van der Waals surface area contributed by atoms with E-state index in [-0.39, 0.29) is 5.75 Å². The SMILES string of the molecule is COc1cccc(NCCCS(N)(=O)=O)c1N. The van der Waals surface area contributed by atoms with Crippen molar-refractivity contribution < 1.29 is 13.2 Å². The van der Waals surface area contributed by atoms with Crippen molar-refractivity contribution in [2.75, 3.05) is 30.5 Å². The second kappa shape index (κ2) is 5.74. The first-order valence-corrected chi connectivity index (χ1v) is 6.82. The van der Waals surface area contributed by atoms with Crippen LogP contribution < -0.4 is 20.9 Å². The molecule has 0 aliphatic rings. The number of nitrogens with two attached hydrogens (primary N) is 2. The molecule has 0 aromatic heterocycles. The number of rotatable bonds is 6. The van der Waals surface area contributed by atoms with E-state index in [1.54, 1.807) is 18.2 Å². The van der Waals surface area contributed by atoms with E-state index >= 15 is 0 Å². The number of anilines is 2. The van der Waals surface area contributed by atoms with Gasteiger partial charge in [-0.3, -0.25) is 0 Å². The smallest absolute Gasteiger partial charge is 0.209 e. The van der Waals surface area contributed by atoms with Crippen molar-refractivity contribution in [1.82, 2.24) is 0 Å². The van der Waals surface area contributed by atoms with Crippen molar-refractivity contribution in [2.24, 2.45) is 5.14 Å². The van der Waals surface area contributed by atoms with Crippen molar-refractivity contribution in [2.45, 2.75) is 6.42 Å². The van der Waals surface area contributed by atoms with Gasteiger partial charge in [-0.2, -0.15) is 0 Å². The summed E-state index contributed by atoms with van der Waals surface area (Å²) in [6, 6.07) is 5.36. The van der Waals surface area contributed by atoms with Crippen LogP contribution in [-0.4, -0.2) is 27.8 Å². The quantitative estimate of drug-likeness (QED) is 0.505. The molecule has 0 unspecified atom stereocenters. The van der Waals surface area contributed by atoms with Gasteiger partial charge in [0, 0.05) is 6.54 Å². The summed E-state index contributed by atoms with van der Waals surface area (Å²) in [4.78, 5) is 0. The zero-order valence-corrected chi connectivity index (χ0v) is 10.5. The highest BCUT2D eigenvalue weighted by molar-refractivity contribution is 7.89. The van der Waals surface area contributed by atoms with Crippen LogP contribution in [0.2, 0.25) is 0 Å². The van der Waals surface area contributed by atoms with Gasteiger partial charge in [0.05, 0.1) is 24.2 Å². The summed E-state index contributed by atoms with van der Waals surface area (Å²) >= 11 is 0. The number of nitrogen functional groups attached to an aromatic ring is 1. The number of sulfonamides is 1. The Kier molecular flexibility index (Phi) is 4.59. The predicted molar refractivity (Wildman–Crippen MR) is 68.5 cm³/mol. The number of ether oxygens (including phenoxy) is 1. The molecule has 1 aromatic carbocycles. The first-order chi connectivity index (χ1) is 7.94. The number of primary sulfonamides is 1. The number of methoxy groups -OCH3 is 1. The summed E-state index contributed by atoms with van der Waals surface area (Å²) in [7, 11) is -1.86. The van der Waals surface area contributed by atoms with E-state index in [0.717, 1.165) is 5.69 Å². The van der Waals surface area contributed by atoms with Gasteiger partial charge in [0.1, 0.15) is 5.75 Å². The molecule has 5 N–H and O–H groups in total. The minimum absolute atomic E-state index is 0.0517. The van der Waals surface area contributed by atoms with Crippen molar-refractivity contribution in [3.05, 3.63) is 18.2 Å². The standard InChI is InChI=1S/C10H17N3O3S/c1-16-9-5-2-4-8(10(9)11)13-6-3-7-17(12,14)15/h2,4-5,13H,3,6-7,11H2,1H3,(H2,12,14,15). The summed E-state index contributed by atoms with van der Waals surface area (Å²) < 4.78 is 26.5. The van der Waals surface area contributed by atoms with E-state index in [0.29, 0.717) is 24.4 Å². The molecule has 17 heavy (non-hydrogen) atoms. The van der Waals surface area contributed by atoms with E-state index in [1.807, 2.05) is 0 Å². The monoisotopic (exact) mass is 259 g/mol. The Bertz CT molecular complexity index is 474. The number of nitrogens with one attached hydrogen (secondary N) is 1. The fourth-order valence-electron chi connectivity index (χ4n) is 1.37. The third-order valence-corrected chi connectivity index (χ3v) is 3.06. The van der Waals surface area contributed by atoms with Crippen LogP contribution in [0.5, 0.6) is 5.75 Å². The Morgan fingerprint density at radius 3 is 2.71 bits per heavy atom. The van der Waals surface area contributed by atoms with Gasteiger partial charge in [0.25, 0.3) is 0 Å². The van der Waals surface area contributed by atoms with Gasteiger partial charge in [-0.25, -0.2) is 13.6 Å². The van der Waals surface area contributed by atoms with Crippen molar-refractivity contribution in [3.8, 4) is 5.75 Å². The molecule has 0 amide bonds. The highest BCUT2D eigenvalue weighted by Gasteiger charge is 2.05. The molecule has 0 aliphatic heterocycles. The molecule has 0 bridgehead atoms. The van der Waals surface area contributed by atoms with Gasteiger partial charge < -0.3 is 15.8 Å². The van der Waals surface area contributed by atoms with Gasteiger partial charge in [-0.1, -0.05) is 6.07 Å². The van der Waals surface area contributed by atoms with Crippen molar-refractivity contribution >= 4 is 21.4 Å².